The number of hydrogen-bond donors (Lipinski definition) is 2. The highest BCUT2D eigenvalue weighted by Gasteiger charge is 2.16. The molecule has 0 bridgehead atoms. The molecular weight excluding hydrogens is 289 g/mol. The normalized spacial score (nSPS) is 11.6. The molecule has 0 spiro atoms. The molecule has 2 aromatic heterocycles. The van der Waals surface area contributed by atoms with Crippen LogP contribution < -0.4 is 0 Å². The Balaban J connectivity index is 1.95. The van der Waals surface area contributed by atoms with Crippen molar-refractivity contribution in [2.24, 2.45) is 0 Å². The molecule has 0 radical (unpaired) electrons. The Morgan fingerprint density at radius 2 is 2.23 bits per heavy atom. The van der Waals surface area contributed by atoms with E-state index in [2.05, 4.69) is 15.2 Å². The smallest absolute Gasteiger partial charge is 0.215 e. The molecule has 0 aliphatic carbocycles. The van der Waals surface area contributed by atoms with E-state index in [1.54, 1.807) is 6.07 Å². The van der Waals surface area contributed by atoms with Crippen molar-refractivity contribution in [3.05, 3.63) is 66.4 Å². The molecule has 0 saturated heterocycles. The number of aromatic amines is 1. The Kier molecular flexibility index (Phi) is 3.53. The van der Waals surface area contributed by atoms with Gasteiger partial charge in [-0.05, 0) is 17.7 Å². The van der Waals surface area contributed by atoms with E-state index in [1.807, 2.05) is 0 Å². The molecule has 3 aromatic rings. The fraction of sp³-hybridized carbons (Fsp3) is 0. The second kappa shape index (κ2) is 5.65. The van der Waals surface area contributed by atoms with E-state index in [1.165, 1.54) is 37.1 Å². The van der Waals surface area contributed by atoms with Crippen LogP contribution in [0.5, 0.6) is 0 Å². The zero-order chi connectivity index (χ0) is 15.5. The highest BCUT2D eigenvalue weighted by Crippen LogP contribution is 2.26. The van der Waals surface area contributed by atoms with Gasteiger partial charge >= 0.3 is 0 Å². The van der Waals surface area contributed by atoms with Crippen molar-refractivity contribution in [2.75, 3.05) is 0 Å². The first-order valence-electron chi connectivity index (χ1n) is 6.28. The molecule has 7 heteroatoms. The Morgan fingerprint density at radius 3 is 2.95 bits per heavy atom. The van der Waals surface area contributed by atoms with Crippen molar-refractivity contribution in [3.8, 4) is 11.1 Å². The monoisotopic (exact) mass is 299 g/mol. The minimum absolute atomic E-state index is 0.00384. The summed E-state index contributed by atoms with van der Waals surface area (Å²) in [6.45, 7) is 0. The predicted molar refractivity (Wildman–Crippen MR) is 75.4 cm³/mol. The minimum Gasteiger partial charge on any atom is -0.504 e. The van der Waals surface area contributed by atoms with Gasteiger partial charge in [0.05, 0.1) is 11.8 Å². The Morgan fingerprint density at radius 1 is 1.36 bits per heavy atom. The highest BCUT2D eigenvalue weighted by atomic mass is 19.1. The van der Waals surface area contributed by atoms with Crippen LogP contribution in [-0.4, -0.2) is 26.1 Å². The van der Waals surface area contributed by atoms with Crippen LogP contribution in [0.4, 0.5) is 4.39 Å². The van der Waals surface area contributed by atoms with Gasteiger partial charge in [0.2, 0.25) is 5.82 Å². The van der Waals surface area contributed by atoms with Gasteiger partial charge in [0.1, 0.15) is 18.4 Å². The lowest BCUT2D eigenvalue weighted by Gasteiger charge is -2.01. The number of aromatic nitrogens is 3. The highest BCUT2D eigenvalue weighted by molar-refractivity contribution is 6.11. The lowest BCUT2D eigenvalue weighted by Crippen LogP contribution is -1.98. The largest absolute Gasteiger partial charge is 0.504 e. The van der Waals surface area contributed by atoms with Gasteiger partial charge in [-0.25, -0.2) is 9.37 Å². The summed E-state index contributed by atoms with van der Waals surface area (Å²) in [4.78, 5) is 16.0. The zero-order valence-electron chi connectivity index (χ0n) is 11.2. The number of hydrogen-bond acceptors (Lipinski definition) is 5. The summed E-state index contributed by atoms with van der Waals surface area (Å²) in [6.07, 6.45) is 4.85. The van der Waals surface area contributed by atoms with Gasteiger partial charge < -0.3 is 9.52 Å². The molecule has 0 amide bonds. The summed E-state index contributed by atoms with van der Waals surface area (Å²) < 4.78 is 18.3. The van der Waals surface area contributed by atoms with Gasteiger partial charge in [0.25, 0.3) is 0 Å². The van der Waals surface area contributed by atoms with Crippen molar-refractivity contribution in [2.45, 2.75) is 0 Å². The number of nitrogens with zero attached hydrogens (tertiary/aromatic N) is 2. The standard InChI is InChI=1S/C15H10FN3O3/c16-10-3-1-2-9(4-10)11-6-22-7-12(11)13(20)5-14(21)15-17-8-18-19-15/h1-8,21H,(H,17,18,19). The lowest BCUT2D eigenvalue weighted by molar-refractivity contribution is 0.104. The quantitative estimate of drug-likeness (QED) is 0.439. The SMILES string of the molecule is O=C(C=C(O)c1nc[nH]n1)c1cocc1-c1cccc(F)c1. The van der Waals surface area contributed by atoms with Crippen LogP contribution in [0, 0.1) is 5.82 Å². The molecule has 0 atom stereocenters. The number of aliphatic hydroxyl groups excluding tert-OH is 1. The molecule has 2 N–H and O–H groups in total. The first kappa shape index (κ1) is 13.7. The molecule has 0 fully saturated rings. The number of carbonyl (C=O) groups excluding carboxylic acids is 1. The number of furan rings is 1. The van der Waals surface area contributed by atoms with Crippen LogP contribution in [0.15, 0.2) is 53.6 Å². The predicted octanol–water partition coefficient (Wildman–Crippen LogP) is 2.99. The Labute approximate surface area is 123 Å². The third-order valence-corrected chi connectivity index (χ3v) is 2.97. The van der Waals surface area contributed by atoms with Crippen molar-refractivity contribution in [1.29, 1.82) is 0 Å². The summed E-state index contributed by atoms with van der Waals surface area (Å²) in [5.41, 5.74) is 1.14. The van der Waals surface area contributed by atoms with Crippen LogP contribution in [0.25, 0.3) is 16.9 Å². The lowest BCUT2D eigenvalue weighted by atomic mass is 10.0. The topological polar surface area (TPSA) is 92.0 Å². The first-order chi connectivity index (χ1) is 10.6. The van der Waals surface area contributed by atoms with E-state index in [0.29, 0.717) is 11.1 Å². The number of rotatable bonds is 4. The zero-order valence-corrected chi connectivity index (χ0v) is 11.2. The van der Waals surface area contributed by atoms with Crippen LogP contribution >= 0.6 is 0 Å². The number of benzene rings is 1. The molecule has 3 rings (SSSR count). The minimum atomic E-state index is -0.504. The molecule has 110 valence electrons. The summed E-state index contributed by atoms with van der Waals surface area (Å²) in [5, 5.41) is 15.9. The average molecular weight is 299 g/mol. The molecule has 0 aliphatic rings. The molecule has 0 saturated carbocycles. The van der Waals surface area contributed by atoms with Gasteiger partial charge in [-0.2, -0.15) is 5.10 Å². The molecule has 0 aliphatic heterocycles. The van der Waals surface area contributed by atoms with Crippen LogP contribution in [0.3, 0.4) is 0 Å². The molecule has 6 nitrogen and oxygen atoms in total. The van der Waals surface area contributed by atoms with Crippen LogP contribution in [-0.2, 0) is 0 Å². The van der Waals surface area contributed by atoms with Crippen molar-refractivity contribution < 1.29 is 18.7 Å². The molecule has 0 unspecified atom stereocenters. The van der Waals surface area contributed by atoms with E-state index < -0.39 is 11.6 Å². The molecule has 1 aromatic carbocycles. The van der Waals surface area contributed by atoms with Gasteiger partial charge in [-0.15, -0.1) is 0 Å². The van der Waals surface area contributed by atoms with Gasteiger partial charge in [-0.1, -0.05) is 12.1 Å². The van der Waals surface area contributed by atoms with E-state index in [-0.39, 0.29) is 17.1 Å². The van der Waals surface area contributed by atoms with E-state index in [0.717, 1.165) is 6.08 Å². The van der Waals surface area contributed by atoms with E-state index in [9.17, 15) is 14.3 Å². The number of allylic oxidation sites excluding steroid dienone is 1. The number of nitrogens with one attached hydrogen (secondary N) is 1. The first-order valence-corrected chi connectivity index (χ1v) is 6.28. The van der Waals surface area contributed by atoms with Crippen molar-refractivity contribution in [1.82, 2.24) is 15.2 Å². The second-order valence-corrected chi connectivity index (χ2v) is 4.43. The Hall–Kier alpha value is -3.22. The summed E-state index contributed by atoms with van der Waals surface area (Å²) >= 11 is 0. The average Bonchev–Trinajstić information content (AvgIpc) is 3.18. The van der Waals surface area contributed by atoms with Crippen molar-refractivity contribution >= 4 is 11.5 Å². The molecular formula is C15H10FN3O3. The maximum atomic E-state index is 13.3. The number of aliphatic hydroxyl groups is 1. The fourth-order valence-electron chi connectivity index (χ4n) is 1.97. The third-order valence-electron chi connectivity index (χ3n) is 2.97. The van der Waals surface area contributed by atoms with Gasteiger partial charge in [0.15, 0.2) is 11.5 Å². The van der Waals surface area contributed by atoms with Crippen LogP contribution in [0.1, 0.15) is 16.2 Å². The van der Waals surface area contributed by atoms with E-state index >= 15 is 0 Å². The summed E-state index contributed by atoms with van der Waals surface area (Å²) in [7, 11) is 0. The number of halogens is 1. The number of ketones is 1. The number of carbonyl (C=O) groups is 1. The van der Waals surface area contributed by atoms with Crippen molar-refractivity contribution in [3.63, 3.8) is 0 Å². The second-order valence-electron chi connectivity index (χ2n) is 4.43. The maximum absolute atomic E-state index is 13.3. The van der Waals surface area contributed by atoms with Gasteiger partial charge in [-0.3, -0.25) is 9.89 Å². The maximum Gasteiger partial charge on any atom is 0.215 e. The summed E-state index contributed by atoms with van der Waals surface area (Å²) in [5.74, 6) is -1.30. The fourth-order valence-corrected chi connectivity index (χ4v) is 1.97. The third kappa shape index (κ3) is 2.64. The van der Waals surface area contributed by atoms with Gasteiger partial charge in [0, 0.05) is 11.6 Å². The molecule has 22 heavy (non-hydrogen) atoms. The Bertz CT molecular complexity index is 837. The van der Waals surface area contributed by atoms with Crippen LogP contribution in [0.2, 0.25) is 0 Å². The van der Waals surface area contributed by atoms with E-state index in [4.69, 9.17) is 4.42 Å². The number of H-pyrrole nitrogens is 1. The molecule has 2 heterocycles. The summed E-state index contributed by atoms with van der Waals surface area (Å²) in [6, 6.07) is 5.79.